The minimum absolute atomic E-state index is 0.816. The first-order valence-corrected chi connectivity index (χ1v) is 4.62. The molecular formula is C9H10Br2. The van der Waals surface area contributed by atoms with Crippen LogP contribution in [0.3, 0.4) is 0 Å². The molecule has 0 nitrogen and oxygen atoms in total. The van der Waals surface area contributed by atoms with Crippen LogP contribution in [0.5, 0.6) is 0 Å². The first-order valence-electron chi connectivity index (χ1n) is 3.03. The van der Waals surface area contributed by atoms with Crippen molar-refractivity contribution in [3.63, 3.8) is 0 Å². The van der Waals surface area contributed by atoms with E-state index >= 15 is 0 Å². The topological polar surface area (TPSA) is 0 Å². The molecule has 2 heteroatoms. The molecular weight excluding hydrogens is 268 g/mol. The van der Waals surface area contributed by atoms with E-state index < -0.39 is 0 Å². The molecule has 0 bridgehead atoms. The Morgan fingerprint density at radius 3 is 1.82 bits per heavy atom. The van der Waals surface area contributed by atoms with E-state index in [1.54, 1.807) is 6.08 Å². The van der Waals surface area contributed by atoms with E-state index in [1.165, 1.54) is 0 Å². The largest absolute Gasteiger partial charge is 0.0979 e. The molecule has 0 unspecified atom stereocenters. The van der Waals surface area contributed by atoms with Gasteiger partial charge in [-0.25, -0.2) is 0 Å². The molecule has 0 saturated heterocycles. The summed E-state index contributed by atoms with van der Waals surface area (Å²) in [4.78, 5) is 0. The number of allylic oxidation sites excluding steroid dienone is 5. The predicted molar refractivity (Wildman–Crippen MR) is 59.0 cm³/mol. The summed E-state index contributed by atoms with van der Waals surface area (Å²) in [5.74, 6) is 0. The lowest BCUT2D eigenvalue weighted by Crippen LogP contribution is -1.84. The molecule has 0 amide bonds. The fourth-order valence-corrected chi connectivity index (χ4v) is 2.06. The molecule has 0 aromatic carbocycles. The van der Waals surface area contributed by atoms with E-state index in [4.69, 9.17) is 0 Å². The molecule has 0 aliphatic carbocycles. The van der Waals surface area contributed by atoms with Crippen molar-refractivity contribution in [2.45, 2.75) is 6.92 Å². The van der Waals surface area contributed by atoms with Gasteiger partial charge in [0.1, 0.15) is 0 Å². The van der Waals surface area contributed by atoms with Gasteiger partial charge in [-0.1, -0.05) is 57.7 Å². The van der Waals surface area contributed by atoms with Gasteiger partial charge >= 0.3 is 0 Å². The smallest absolute Gasteiger partial charge is 0.0255 e. The van der Waals surface area contributed by atoms with Gasteiger partial charge in [-0.3, -0.25) is 0 Å². The van der Waals surface area contributed by atoms with Crippen molar-refractivity contribution in [3.8, 4) is 0 Å². The molecule has 0 N–H and O–H groups in total. The van der Waals surface area contributed by atoms with Crippen molar-refractivity contribution in [3.05, 3.63) is 45.9 Å². The summed E-state index contributed by atoms with van der Waals surface area (Å²) >= 11 is 6.65. The van der Waals surface area contributed by atoms with Gasteiger partial charge in [0.15, 0.2) is 0 Å². The number of hydrogen-bond donors (Lipinski definition) is 0. The fraction of sp³-hybridized carbons (Fsp3) is 0.111. The van der Waals surface area contributed by atoms with Crippen LogP contribution in [-0.2, 0) is 0 Å². The van der Waals surface area contributed by atoms with Crippen molar-refractivity contribution < 1.29 is 0 Å². The van der Waals surface area contributed by atoms with Crippen LogP contribution in [0, 0.1) is 0 Å². The van der Waals surface area contributed by atoms with Crippen LogP contribution in [0.1, 0.15) is 6.92 Å². The molecule has 0 saturated carbocycles. The van der Waals surface area contributed by atoms with Crippen LogP contribution in [0.15, 0.2) is 45.9 Å². The van der Waals surface area contributed by atoms with E-state index in [0.717, 1.165) is 20.1 Å². The molecule has 0 heterocycles. The second kappa shape index (κ2) is 4.73. The predicted octanol–water partition coefficient (Wildman–Crippen LogP) is 4.31. The maximum absolute atomic E-state index is 3.82. The van der Waals surface area contributed by atoms with Gasteiger partial charge < -0.3 is 0 Å². The summed E-state index contributed by atoms with van der Waals surface area (Å²) in [5.41, 5.74) is 1.93. The maximum Gasteiger partial charge on any atom is 0.0255 e. The van der Waals surface area contributed by atoms with E-state index in [1.807, 2.05) is 6.92 Å². The fourth-order valence-electron chi connectivity index (χ4n) is 0.667. The average molecular weight is 278 g/mol. The quantitative estimate of drug-likeness (QED) is 0.675. The molecule has 0 aliphatic heterocycles. The lowest BCUT2D eigenvalue weighted by atomic mass is 10.1. The molecule has 0 atom stereocenters. The van der Waals surface area contributed by atoms with Gasteiger partial charge in [-0.15, -0.1) is 0 Å². The molecule has 0 aromatic rings. The Labute approximate surface area is 84.6 Å². The van der Waals surface area contributed by atoms with Crippen LogP contribution < -0.4 is 0 Å². The molecule has 0 spiro atoms. The minimum atomic E-state index is 0.816. The normalized spacial score (nSPS) is 11.9. The highest BCUT2D eigenvalue weighted by molar-refractivity contribution is 9.12. The molecule has 0 radical (unpaired) electrons. The average Bonchev–Trinajstić information content (AvgIpc) is 1.85. The van der Waals surface area contributed by atoms with Gasteiger partial charge in [0.25, 0.3) is 0 Å². The van der Waals surface area contributed by atoms with Crippen molar-refractivity contribution in [1.82, 2.24) is 0 Å². The second-order valence-corrected chi connectivity index (χ2v) is 3.92. The van der Waals surface area contributed by atoms with E-state index in [9.17, 15) is 0 Å². The van der Waals surface area contributed by atoms with Crippen LogP contribution in [0.2, 0.25) is 0 Å². The Balaban J connectivity index is 5.04. The SMILES string of the molecule is C=C/C(Br)=C(/C(=C)C)C(=C)Br. The minimum Gasteiger partial charge on any atom is -0.0979 e. The van der Waals surface area contributed by atoms with Crippen LogP contribution in [-0.4, -0.2) is 0 Å². The Hall–Kier alpha value is -0.0800. The van der Waals surface area contributed by atoms with Crippen molar-refractivity contribution in [1.29, 1.82) is 0 Å². The Morgan fingerprint density at radius 1 is 1.27 bits per heavy atom. The van der Waals surface area contributed by atoms with Gasteiger partial charge in [0.05, 0.1) is 0 Å². The van der Waals surface area contributed by atoms with Crippen LogP contribution in [0.25, 0.3) is 0 Å². The zero-order valence-electron chi connectivity index (χ0n) is 6.45. The summed E-state index contributed by atoms with van der Waals surface area (Å²) in [6.45, 7) is 13.1. The Morgan fingerprint density at radius 2 is 1.73 bits per heavy atom. The van der Waals surface area contributed by atoms with E-state index in [-0.39, 0.29) is 0 Å². The highest BCUT2D eigenvalue weighted by Crippen LogP contribution is 2.28. The monoisotopic (exact) mass is 276 g/mol. The third-order valence-corrected chi connectivity index (χ3v) is 2.23. The summed E-state index contributed by atoms with van der Waals surface area (Å²) in [6, 6.07) is 0. The summed E-state index contributed by atoms with van der Waals surface area (Å²) < 4.78 is 1.73. The number of halogens is 2. The molecule has 0 rings (SSSR count). The van der Waals surface area contributed by atoms with Gasteiger partial charge in [-0.2, -0.15) is 0 Å². The molecule has 11 heavy (non-hydrogen) atoms. The van der Waals surface area contributed by atoms with Crippen LogP contribution in [0.4, 0.5) is 0 Å². The van der Waals surface area contributed by atoms with Crippen molar-refractivity contribution >= 4 is 31.9 Å². The lowest BCUT2D eigenvalue weighted by Gasteiger charge is -2.05. The molecule has 60 valence electrons. The highest BCUT2D eigenvalue weighted by atomic mass is 79.9. The standard InChI is InChI=1S/C9H10Br2/c1-5-8(11)9(6(2)3)7(4)10/h5H,1-2,4H2,3H3/b9-8+. The molecule has 0 aliphatic rings. The van der Waals surface area contributed by atoms with Crippen molar-refractivity contribution in [2.24, 2.45) is 0 Å². The first-order chi connectivity index (χ1) is 5.00. The molecule has 0 fully saturated rings. The summed E-state index contributed by atoms with van der Waals surface area (Å²) in [7, 11) is 0. The van der Waals surface area contributed by atoms with E-state index in [2.05, 4.69) is 51.6 Å². The Bertz CT molecular complexity index is 218. The summed E-state index contributed by atoms with van der Waals surface area (Å²) in [5, 5.41) is 0. The Kier molecular flexibility index (Phi) is 4.69. The maximum atomic E-state index is 3.82. The highest BCUT2D eigenvalue weighted by Gasteiger charge is 2.03. The van der Waals surface area contributed by atoms with Crippen LogP contribution >= 0.6 is 31.9 Å². The van der Waals surface area contributed by atoms with Gasteiger partial charge in [0.2, 0.25) is 0 Å². The third-order valence-electron chi connectivity index (χ3n) is 1.12. The summed E-state index contributed by atoms with van der Waals surface area (Å²) in [6.07, 6.45) is 1.72. The number of hydrogen-bond acceptors (Lipinski definition) is 0. The first kappa shape index (κ1) is 10.9. The second-order valence-electron chi connectivity index (χ2n) is 2.11. The van der Waals surface area contributed by atoms with E-state index in [0.29, 0.717) is 0 Å². The zero-order chi connectivity index (χ0) is 9.02. The zero-order valence-corrected chi connectivity index (χ0v) is 9.63. The third kappa shape index (κ3) is 3.21. The van der Waals surface area contributed by atoms with Gasteiger partial charge in [-0.05, 0) is 12.5 Å². The molecule has 0 aromatic heterocycles. The number of rotatable bonds is 3. The van der Waals surface area contributed by atoms with Gasteiger partial charge in [0, 0.05) is 14.5 Å². The lowest BCUT2D eigenvalue weighted by molar-refractivity contribution is 1.44. The van der Waals surface area contributed by atoms with Crippen molar-refractivity contribution in [2.75, 3.05) is 0 Å².